The number of benzene rings is 3. The quantitative estimate of drug-likeness (QED) is 0.334. The fraction of sp³-hybridized carbons (Fsp3) is 0.192. The van der Waals surface area contributed by atoms with E-state index in [4.69, 9.17) is 14.4 Å². The molecule has 0 spiro atoms. The van der Waals surface area contributed by atoms with Crippen molar-refractivity contribution in [1.29, 1.82) is 0 Å². The van der Waals surface area contributed by atoms with Gasteiger partial charge in [0, 0.05) is 5.69 Å². The minimum atomic E-state index is -4.40. The molecule has 7 nitrogen and oxygen atoms in total. The van der Waals surface area contributed by atoms with Crippen LogP contribution in [0.15, 0.2) is 71.4 Å². The summed E-state index contributed by atoms with van der Waals surface area (Å²) in [6, 6.07) is 15.6. The van der Waals surface area contributed by atoms with Crippen LogP contribution in [-0.4, -0.2) is 29.2 Å². The molecule has 4 rings (SSSR count). The predicted octanol–water partition coefficient (Wildman–Crippen LogP) is 6.29. The number of aromatic nitrogens is 1. The van der Waals surface area contributed by atoms with Crippen molar-refractivity contribution in [2.75, 3.05) is 12.4 Å². The van der Waals surface area contributed by atoms with E-state index in [0.29, 0.717) is 5.76 Å². The number of aryl methyl sites for hydroxylation is 1. The molecular weight excluding hydrogens is 477 g/mol. The molecular formula is C26H23F3N2O5. The summed E-state index contributed by atoms with van der Waals surface area (Å²) >= 11 is 0. The number of rotatable bonds is 5. The second-order valence-electron chi connectivity index (χ2n) is 7.86. The lowest BCUT2D eigenvalue weighted by atomic mass is 9.98. The van der Waals surface area contributed by atoms with Gasteiger partial charge in [-0.1, -0.05) is 29.4 Å². The Hall–Kier alpha value is -4.34. The summed E-state index contributed by atoms with van der Waals surface area (Å²) in [6.45, 7) is 3.25. The highest BCUT2D eigenvalue weighted by Crippen LogP contribution is 2.30. The maximum absolute atomic E-state index is 12.4. The monoisotopic (exact) mass is 500 g/mol. The molecule has 0 radical (unpaired) electrons. The zero-order chi connectivity index (χ0) is 26.5. The van der Waals surface area contributed by atoms with Crippen LogP contribution in [0.4, 0.5) is 18.9 Å². The normalized spacial score (nSPS) is 11.8. The molecule has 2 N–H and O–H groups in total. The van der Waals surface area contributed by atoms with Crippen LogP contribution >= 0.6 is 0 Å². The summed E-state index contributed by atoms with van der Waals surface area (Å²) < 4.78 is 46.9. The molecule has 0 aliphatic heterocycles. The number of carbonyl (C=O) groups is 2. The molecule has 1 heterocycles. The minimum absolute atomic E-state index is 0.236. The molecule has 10 heteroatoms. The molecule has 188 valence electrons. The van der Waals surface area contributed by atoms with Gasteiger partial charge in [0.2, 0.25) is 0 Å². The average molecular weight is 500 g/mol. The molecule has 0 saturated heterocycles. The molecule has 0 saturated carbocycles. The number of halogens is 3. The van der Waals surface area contributed by atoms with Crippen LogP contribution in [0, 0.1) is 6.92 Å². The molecule has 0 fully saturated rings. The number of nitrogens with one attached hydrogen (secondary N) is 1. The van der Waals surface area contributed by atoms with Crippen LogP contribution in [0.3, 0.4) is 0 Å². The Kier molecular flexibility index (Phi) is 7.98. The number of aliphatic carboxylic acids is 1. The number of hydrogen-bond acceptors (Lipinski definition) is 5. The Morgan fingerprint density at radius 2 is 1.67 bits per heavy atom. The van der Waals surface area contributed by atoms with Crippen LogP contribution in [-0.2, 0) is 11.0 Å². The molecule has 0 bridgehead atoms. The summed E-state index contributed by atoms with van der Waals surface area (Å²) in [5.41, 5.74) is 0.542. The third-order valence-electron chi connectivity index (χ3n) is 5.41. The maximum Gasteiger partial charge on any atom is 0.416 e. The lowest BCUT2D eigenvalue weighted by molar-refractivity contribution is -0.138. The van der Waals surface area contributed by atoms with E-state index in [1.807, 2.05) is 36.4 Å². The van der Waals surface area contributed by atoms with E-state index in [-0.39, 0.29) is 11.3 Å². The highest BCUT2D eigenvalue weighted by Gasteiger charge is 2.30. The smallest absolute Gasteiger partial charge is 0.416 e. The number of anilines is 1. The summed E-state index contributed by atoms with van der Waals surface area (Å²) in [5, 5.41) is 16.9. The third kappa shape index (κ3) is 6.41. The molecule has 3 aromatic carbocycles. The van der Waals surface area contributed by atoms with E-state index in [1.54, 1.807) is 21.0 Å². The number of amides is 1. The van der Waals surface area contributed by atoms with Gasteiger partial charge in [-0.05, 0) is 66.6 Å². The number of methoxy groups -OCH3 is 1. The first-order valence-electron chi connectivity index (χ1n) is 10.7. The van der Waals surface area contributed by atoms with Crippen molar-refractivity contribution in [1.82, 2.24) is 5.16 Å². The van der Waals surface area contributed by atoms with Gasteiger partial charge in [0.15, 0.2) is 0 Å². The number of ether oxygens (including phenoxy) is 1. The molecule has 0 aliphatic carbocycles. The predicted molar refractivity (Wildman–Crippen MR) is 127 cm³/mol. The lowest BCUT2D eigenvalue weighted by Crippen LogP contribution is -2.12. The standard InChI is InChI=1S/C14H14O3.C12H9F3N2O2/c1-9(14(15)16)10-3-4-12-8-13(17-2)6-5-11(12)7-10;1-7-10(6-16-19-7)11(18)17-9-4-2-8(3-5-9)12(13,14)15/h3-9H,1-2H3,(H,15,16);2-6H,1H3,(H,17,18)/t9-;/m0./s1. The van der Waals surface area contributed by atoms with E-state index < -0.39 is 29.5 Å². The topological polar surface area (TPSA) is 102 Å². The van der Waals surface area contributed by atoms with Gasteiger partial charge in [-0.2, -0.15) is 13.2 Å². The Labute approximate surface area is 204 Å². The molecule has 1 amide bonds. The van der Waals surface area contributed by atoms with Gasteiger partial charge in [0.25, 0.3) is 5.91 Å². The molecule has 0 aliphatic rings. The van der Waals surface area contributed by atoms with Gasteiger partial charge in [0.05, 0.1) is 24.8 Å². The molecule has 1 aromatic heterocycles. The molecule has 36 heavy (non-hydrogen) atoms. The number of nitrogens with zero attached hydrogens (tertiary/aromatic N) is 1. The number of hydrogen-bond donors (Lipinski definition) is 2. The zero-order valence-electron chi connectivity index (χ0n) is 19.6. The van der Waals surface area contributed by atoms with Crippen molar-refractivity contribution >= 4 is 28.3 Å². The van der Waals surface area contributed by atoms with Crippen LogP contribution in [0.1, 0.15) is 40.1 Å². The SMILES string of the molecule is COc1ccc2cc([C@H](C)C(=O)O)ccc2c1.Cc1oncc1C(=O)Nc1ccc(C(F)(F)F)cc1. The van der Waals surface area contributed by atoms with E-state index in [0.717, 1.165) is 34.2 Å². The van der Waals surface area contributed by atoms with Crippen molar-refractivity contribution in [3.63, 3.8) is 0 Å². The summed E-state index contributed by atoms with van der Waals surface area (Å²) in [6.07, 6.45) is -3.15. The van der Waals surface area contributed by atoms with Crippen LogP contribution in [0.25, 0.3) is 10.8 Å². The summed E-state index contributed by atoms with van der Waals surface area (Å²) in [4.78, 5) is 22.7. The van der Waals surface area contributed by atoms with Crippen molar-refractivity contribution in [3.05, 3.63) is 89.3 Å². The van der Waals surface area contributed by atoms with Crippen molar-refractivity contribution in [2.24, 2.45) is 0 Å². The van der Waals surface area contributed by atoms with Crippen molar-refractivity contribution in [2.45, 2.75) is 25.9 Å². The lowest BCUT2D eigenvalue weighted by Gasteiger charge is -2.08. The Balaban J connectivity index is 0.000000202. The molecule has 0 unspecified atom stereocenters. The van der Waals surface area contributed by atoms with Crippen LogP contribution in [0.2, 0.25) is 0 Å². The second-order valence-corrected chi connectivity index (χ2v) is 7.86. The third-order valence-corrected chi connectivity index (χ3v) is 5.41. The fourth-order valence-corrected chi connectivity index (χ4v) is 3.24. The largest absolute Gasteiger partial charge is 0.497 e. The van der Waals surface area contributed by atoms with E-state index in [9.17, 15) is 22.8 Å². The van der Waals surface area contributed by atoms with Gasteiger partial charge in [0.1, 0.15) is 17.1 Å². The zero-order valence-corrected chi connectivity index (χ0v) is 19.6. The number of carboxylic acid groups (broad SMARTS) is 1. The number of carboxylic acids is 1. The first-order chi connectivity index (χ1) is 17.0. The second kappa shape index (κ2) is 10.9. The average Bonchev–Trinajstić information content (AvgIpc) is 3.29. The van der Waals surface area contributed by atoms with Crippen molar-refractivity contribution in [3.8, 4) is 5.75 Å². The van der Waals surface area contributed by atoms with Crippen molar-refractivity contribution < 1.29 is 37.1 Å². The molecule has 4 aromatic rings. The number of fused-ring (bicyclic) bond motifs is 1. The van der Waals surface area contributed by atoms with Crippen LogP contribution < -0.4 is 10.1 Å². The first-order valence-corrected chi connectivity index (χ1v) is 10.7. The van der Waals surface area contributed by atoms with Gasteiger partial charge in [-0.15, -0.1) is 0 Å². The van der Waals surface area contributed by atoms with Crippen LogP contribution in [0.5, 0.6) is 5.75 Å². The highest BCUT2D eigenvalue weighted by molar-refractivity contribution is 6.04. The van der Waals surface area contributed by atoms with E-state index in [2.05, 4.69) is 10.5 Å². The molecule has 1 atom stereocenters. The van der Waals surface area contributed by atoms with E-state index >= 15 is 0 Å². The van der Waals surface area contributed by atoms with Gasteiger partial charge in [-0.25, -0.2) is 0 Å². The first kappa shape index (κ1) is 26.3. The number of alkyl halides is 3. The van der Waals surface area contributed by atoms with E-state index in [1.165, 1.54) is 18.3 Å². The minimum Gasteiger partial charge on any atom is -0.497 e. The Bertz CT molecular complexity index is 1360. The van der Waals surface area contributed by atoms with Gasteiger partial charge in [-0.3, -0.25) is 9.59 Å². The summed E-state index contributed by atoms with van der Waals surface area (Å²) in [7, 11) is 1.63. The maximum atomic E-state index is 12.4. The Morgan fingerprint density at radius 3 is 2.22 bits per heavy atom. The van der Waals surface area contributed by atoms with Gasteiger partial charge < -0.3 is 19.7 Å². The van der Waals surface area contributed by atoms with Gasteiger partial charge >= 0.3 is 12.1 Å². The Morgan fingerprint density at radius 1 is 1.03 bits per heavy atom. The fourth-order valence-electron chi connectivity index (χ4n) is 3.24. The highest BCUT2D eigenvalue weighted by atomic mass is 19.4. The summed E-state index contributed by atoms with van der Waals surface area (Å²) in [5.74, 6) is -0.640. The number of carbonyl (C=O) groups excluding carboxylic acids is 1.